The molecule has 0 unspecified atom stereocenters. The number of pyridine rings is 3. The number of hydrogen-bond acceptors (Lipinski definition) is 32. The Hall–Kier alpha value is -16.3. The Kier molecular flexibility index (Phi) is 18.3. The molecule has 34 heteroatoms. The molecule has 7 heterocycles. The number of hydrogen-bond donors (Lipinski definition) is 26. The lowest BCUT2D eigenvalue weighted by molar-refractivity contribution is -0.248. The summed E-state index contributed by atoms with van der Waals surface area (Å²) in [5.74, 6) is -6.30. The number of phenolic OH excluding ortho intramolecular Hbond substituents is 22. The molecule has 4 aliphatic heterocycles. The second-order valence-corrected chi connectivity index (χ2v) is 28.4. The number of fused-ring (bicyclic) bond motifs is 21. The van der Waals surface area contributed by atoms with Crippen molar-refractivity contribution >= 4 is 104 Å². The van der Waals surface area contributed by atoms with Crippen molar-refractivity contribution in [3.05, 3.63) is 208 Å². The number of rotatable bonds is 0. The first-order valence-corrected chi connectivity index (χ1v) is 35.6. The van der Waals surface area contributed by atoms with Crippen LogP contribution in [0.2, 0.25) is 0 Å². The molecule has 0 saturated carbocycles. The molecule has 0 spiro atoms. The summed E-state index contributed by atoms with van der Waals surface area (Å²) < 4.78 is 5.31. The van der Waals surface area contributed by atoms with E-state index in [0.29, 0.717) is 98.9 Å². The normalized spacial score (nSPS) is 14.1. The van der Waals surface area contributed by atoms with E-state index in [1.54, 1.807) is 42.7 Å². The van der Waals surface area contributed by atoms with E-state index in [9.17, 15) is 128 Å². The summed E-state index contributed by atoms with van der Waals surface area (Å²) in [7, 11) is 2.11. The topological polar surface area (TPSA) is 595 Å². The number of aromatic hydroxyl groups is 22. The van der Waals surface area contributed by atoms with Gasteiger partial charge in [0, 0.05) is 154 Å². The average molecular weight is 1620 g/mol. The second-order valence-electron chi connectivity index (χ2n) is 28.4. The summed E-state index contributed by atoms with van der Waals surface area (Å²) in [5.41, 5.74) is 14.8. The number of aromatic amines is 1. The lowest BCUT2D eigenvalue weighted by atomic mass is 9.77. The molecule has 3 aromatic heterocycles. The van der Waals surface area contributed by atoms with Gasteiger partial charge in [-0.25, -0.2) is 10.0 Å². The van der Waals surface area contributed by atoms with Gasteiger partial charge in [0.05, 0.1) is 40.1 Å². The highest BCUT2D eigenvalue weighted by molar-refractivity contribution is 6.19. The molecule has 602 valence electrons. The number of likely N-dealkylation sites (N-methyl/N-ethyl adjacent to an activating group) is 1. The number of nitrogens with one attached hydrogen (secondary N) is 1. The quantitative estimate of drug-likeness (QED) is 0.0220. The number of phenols is 22. The summed E-state index contributed by atoms with van der Waals surface area (Å²) in [6.07, 6.45) is 4.56. The summed E-state index contributed by atoms with van der Waals surface area (Å²) in [6, 6.07) is 36.7. The molecule has 34 nitrogen and oxygen atoms in total. The fourth-order valence-electron chi connectivity index (χ4n) is 15.1. The first kappa shape index (κ1) is 76.7. The van der Waals surface area contributed by atoms with Gasteiger partial charge in [0.15, 0.2) is 132 Å². The lowest BCUT2D eigenvalue weighted by Crippen LogP contribution is -2.38. The van der Waals surface area contributed by atoms with Gasteiger partial charge in [-0.05, 0) is 139 Å². The van der Waals surface area contributed by atoms with Crippen LogP contribution in [0.1, 0.15) is 40.0 Å². The van der Waals surface area contributed by atoms with Crippen LogP contribution in [0.25, 0.3) is 87.1 Å². The second kappa shape index (κ2) is 28.4. The van der Waals surface area contributed by atoms with E-state index in [0.717, 1.165) is 71.1 Å². The van der Waals surface area contributed by atoms with E-state index in [-0.39, 0.29) is 132 Å². The number of anilines is 3. The highest BCUT2D eigenvalue weighted by atomic mass is 16.8. The van der Waals surface area contributed by atoms with Gasteiger partial charge in [0.1, 0.15) is 11.9 Å². The number of nitrogens with two attached hydrogens (primary N) is 1. The number of aromatic nitrogens is 3. The van der Waals surface area contributed by atoms with Gasteiger partial charge < -0.3 is 128 Å². The SMILES string of the molecule is CN1CCc2cc(O)cc3c2[C@H]1Cc1ccc(O)c(O)c1-3.Nc1c2ccc(O)c(O)c2cc2c(O)c(O)ccc12.O=c1cc2ncc3c[nH]c4cc(O)c(O)cc4c3c2cc1O.Oc1cc2c(cc1O)N1OC2c2cc(O)c(O)cc21.Oc1cc2c(cc1O)[N+](O)(O)c1cc(O)c(O)cc1O2.Oc1cc2cc3c(O)c(O)ccc3nc2cc1O. The van der Waals surface area contributed by atoms with Gasteiger partial charge in [-0.3, -0.25) is 19.5 Å². The monoisotopic (exact) mass is 1620 g/mol. The van der Waals surface area contributed by atoms with Crippen LogP contribution in [-0.2, 0) is 17.7 Å². The first-order chi connectivity index (χ1) is 56.5. The van der Waals surface area contributed by atoms with Crippen LogP contribution in [0, 0.1) is 0 Å². The van der Waals surface area contributed by atoms with Crippen molar-refractivity contribution in [3.63, 3.8) is 0 Å². The molecule has 0 fully saturated rings. The van der Waals surface area contributed by atoms with E-state index in [1.807, 2.05) is 12.1 Å². The Balaban J connectivity index is 0.000000107. The number of ether oxygens (including phenoxy) is 1. The Morgan fingerprint density at radius 1 is 0.445 bits per heavy atom. The standard InChI is InChI=1S/C17H17NO3.C16H10N2O4.C14H11NO4.C13H9NO5.C13H9NO4.C12H9NO7/c1-18-5-4-10-6-11(19)8-12-15(10)13(18)7-9-2-3-14(20)17(21)16(9)12;19-12-1-8-10(3-14(12)21)17-5-7-6-18-11-4-15(22)13(20)2-9(11)16(7)8;15-12-6-1-3-10(16)13(18)8(6)5-9-7(12)2-4-11(17)14(9)19;15-9-1-5-7(3-11(9)17)14-8-4-12(18)10(16)2-6(8)13(5)19-14;15-10-2-1-8-7(13(10)18)3-6-4-11(16)12(17)5-9(6)14-8;14-7-1-5-11(3-9(7)16)20-12-4-10(17)8(15)2-6(12)13(5,18)19/h2-3,6,8,13,19-21H,4-5,7H2,1H3;1-6,17,19-21H;1-5,16-19H,15H2;1-4,13,15-18H;1-5,15-18H;1-4,18-19H,(H3-,14,15,16,17)/p+1/t13-;;;;;/m1...../s1. The smallest absolute Gasteiger partial charge is 0.251 e. The van der Waals surface area contributed by atoms with Gasteiger partial charge in [-0.1, -0.05) is 6.07 Å². The predicted molar refractivity (Wildman–Crippen MR) is 430 cm³/mol. The minimum absolute atomic E-state index is 0.0908. The van der Waals surface area contributed by atoms with E-state index in [1.165, 1.54) is 102 Å². The lowest BCUT2D eigenvalue weighted by Gasteiger charge is -2.40. The number of H-pyrrole nitrogens is 1. The van der Waals surface area contributed by atoms with Crippen LogP contribution in [-0.4, -0.2) is 156 Å². The maximum atomic E-state index is 11.6. The maximum Gasteiger partial charge on any atom is 0.251 e. The Bertz CT molecular complexity index is 6860. The van der Waals surface area contributed by atoms with E-state index < -0.39 is 39.3 Å². The molecule has 27 N–H and O–H groups in total. The molecule has 5 aliphatic rings. The van der Waals surface area contributed by atoms with Gasteiger partial charge in [-0.15, -0.1) is 0 Å². The Labute approximate surface area is 665 Å². The van der Waals surface area contributed by atoms with E-state index in [2.05, 4.69) is 26.9 Å². The zero-order valence-corrected chi connectivity index (χ0v) is 61.2. The molecule has 13 aromatic carbocycles. The van der Waals surface area contributed by atoms with Crippen LogP contribution in [0.4, 0.5) is 28.4 Å². The molecule has 21 rings (SSSR count). The predicted octanol–water partition coefficient (Wildman–Crippen LogP) is 13.5. The van der Waals surface area contributed by atoms with Gasteiger partial charge in [0.25, 0.3) is 11.4 Å². The Morgan fingerprint density at radius 3 is 1.57 bits per heavy atom. The molecule has 2 bridgehead atoms. The average Bonchev–Trinajstić information content (AvgIpc) is 1.64. The van der Waals surface area contributed by atoms with Crippen molar-refractivity contribution in [2.75, 3.05) is 24.4 Å². The number of nitrogens with zero attached hydrogens (tertiary/aromatic N) is 5. The van der Waals surface area contributed by atoms with Gasteiger partial charge in [-0.2, -0.15) is 10.4 Å². The van der Waals surface area contributed by atoms with Crippen molar-refractivity contribution in [2.24, 2.45) is 0 Å². The van der Waals surface area contributed by atoms with Gasteiger partial charge >= 0.3 is 0 Å². The van der Waals surface area contributed by atoms with E-state index >= 15 is 0 Å². The molecule has 119 heavy (non-hydrogen) atoms. The molecule has 1 aliphatic carbocycles. The highest BCUT2D eigenvalue weighted by Gasteiger charge is 2.46. The van der Waals surface area contributed by atoms with Crippen molar-refractivity contribution in [2.45, 2.75) is 25.0 Å². The summed E-state index contributed by atoms with van der Waals surface area (Å²) in [5, 5.41) is 239. The van der Waals surface area contributed by atoms with Crippen LogP contribution in [0.3, 0.4) is 0 Å². The van der Waals surface area contributed by atoms with E-state index in [4.69, 9.17) is 15.3 Å². The third-order valence-corrected chi connectivity index (χ3v) is 21.1. The van der Waals surface area contributed by atoms with Crippen LogP contribution >= 0.6 is 0 Å². The minimum atomic E-state index is -1.81. The largest absolute Gasteiger partial charge is 0.508 e. The summed E-state index contributed by atoms with van der Waals surface area (Å²) in [6.45, 7) is 0.958. The number of benzene rings is 13. The van der Waals surface area contributed by atoms with Crippen molar-refractivity contribution in [1.82, 2.24) is 24.7 Å². The summed E-state index contributed by atoms with van der Waals surface area (Å²) in [4.78, 5) is 29.2. The molecule has 0 amide bonds. The third kappa shape index (κ3) is 13.0. The fourth-order valence-corrected chi connectivity index (χ4v) is 15.1. The zero-order valence-electron chi connectivity index (χ0n) is 61.2. The number of quaternary nitrogens is 1. The molecular weight excluding hydrogens is 1550 g/mol. The highest BCUT2D eigenvalue weighted by Crippen LogP contribution is 2.60. The molecule has 0 radical (unpaired) electrons. The third-order valence-electron chi connectivity index (χ3n) is 21.1. The van der Waals surface area contributed by atoms with Crippen molar-refractivity contribution < 1.29 is 132 Å². The summed E-state index contributed by atoms with van der Waals surface area (Å²) >= 11 is 0. The van der Waals surface area contributed by atoms with Crippen LogP contribution < -0.4 is 25.8 Å². The molecular formula is C85H66N7O27+. The molecule has 1 atom stereocenters. The minimum Gasteiger partial charge on any atom is -0.508 e. The Morgan fingerprint density at radius 2 is 0.958 bits per heavy atom. The van der Waals surface area contributed by atoms with Crippen LogP contribution in [0.15, 0.2) is 175 Å². The zero-order chi connectivity index (χ0) is 84.7. The maximum absolute atomic E-state index is 11.6. The van der Waals surface area contributed by atoms with Crippen LogP contribution in [0.5, 0.6) is 138 Å². The van der Waals surface area contributed by atoms with Crippen molar-refractivity contribution in [3.8, 4) is 149 Å². The first-order valence-electron chi connectivity index (χ1n) is 35.6. The molecule has 0 saturated heterocycles. The van der Waals surface area contributed by atoms with Gasteiger partial charge in [0.2, 0.25) is 5.43 Å². The number of nitrogen functional groups attached to an aromatic ring is 1. The fraction of sp³-hybridized carbons (Fsp3) is 0.0706. The van der Waals surface area contributed by atoms with Crippen molar-refractivity contribution in [1.29, 1.82) is 0 Å². The molecule has 16 aromatic rings.